The number of carbonyl (C=O) groups is 1. The van der Waals surface area contributed by atoms with Gasteiger partial charge in [-0.3, -0.25) is 9.35 Å². The van der Waals surface area contributed by atoms with Crippen molar-refractivity contribution < 1.29 is 27.6 Å². The first-order valence-electron chi connectivity index (χ1n) is 12.3. The Labute approximate surface area is 224 Å². The number of hydrogen-bond acceptors (Lipinski definition) is 10. The number of fused-ring (bicyclic) bond motifs is 1. The second kappa shape index (κ2) is 10.4. The van der Waals surface area contributed by atoms with Crippen molar-refractivity contribution in [2.75, 3.05) is 18.5 Å². The van der Waals surface area contributed by atoms with Gasteiger partial charge in [0.15, 0.2) is 0 Å². The number of hydrogen-bond donors (Lipinski definition) is 4. The number of thiophene rings is 1. The van der Waals surface area contributed by atoms with E-state index in [0.29, 0.717) is 35.7 Å². The van der Waals surface area contributed by atoms with Gasteiger partial charge in [-0.25, -0.2) is 15.0 Å². The molecule has 4 N–H and O–H groups in total. The first-order valence-corrected chi connectivity index (χ1v) is 14.5. The third kappa shape index (κ3) is 5.37. The fraction of sp³-hybridized carbons (Fsp3) is 0.500. The maximum Gasteiger partial charge on any atom is 0.333 e. The van der Waals surface area contributed by atoms with Crippen molar-refractivity contribution in [1.29, 1.82) is 0 Å². The molecule has 4 atom stereocenters. The number of anilines is 1. The standard InChI is InChI=1S/C24H30N6O6S2/c1-12-13(2)30-4-5-36-22(24(30)28-12)17-8-20(37-14(17)3)21(32)18-10-25-11-26-23(18)29-16-6-15(19(31)7-16)9-27-38(33,34)35/h8,10-11,15-16,19,22,27,31H,4-7,9H2,1-3H3,(H,25,26,29)(H,33,34,35)/t15-,16-,19+,22-/m1/s1. The maximum absolute atomic E-state index is 13.6. The van der Waals surface area contributed by atoms with E-state index in [4.69, 9.17) is 14.3 Å². The van der Waals surface area contributed by atoms with Crippen molar-refractivity contribution in [1.82, 2.24) is 24.2 Å². The molecule has 204 valence electrons. The predicted octanol–water partition coefficient (Wildman–Crippen LogP) is 1.95. The summed E-state index contributed by atoms with van der Waals surface area (Å²) >= 11 is 1.38. The average Bonchev–Trinajstić information content (AvgIpc) is 3.52. The van der Waals surface area contributed by atoms with Crippen molar-refractivity contribution in [2.24, 2.45) is 5.92 Å². The van der Waals surface area contributed by atoms with Crippen LogP contribution < -0.4 is 10.0 Å². The molecular formula is C24H30N6O6S2. The van der Waals surface area contributed by atoms with E-state index >= 15 is 0 Å². The quantitative estimate of drug-likeness (QED) is 0.235. The van der Waals surface area contributed by atoms with Crippen molar-refractivity contribution in [3.8, 4) is 0 Å². The molecule has 1 saturated carbocycles. The van der Waals surface area contributed by atoms with E-state index in [2.05, 4.69) is 19.9 Å². The zero-order chi connectivity index (χ0) is 27.2. The zero-order valence-corrected chi connectivity index (χ0v) is 22.8. The molecule has 0 aromatic carbocycles. The number of ketones is 1. The number of aliphatic hydroxyl groups is 1. The zero-order valence-electron chi connectivity index (χ0n) is 21.2. The molecular weight excluding hydrogens is 532 g/mol. The van der Waals surface area contributed by atoms with Gasteiger partial charge in [-0.2, -0.15) is 13.1 Å². The molecule has 3 aromatic rings. The summed E-state index contributed by atoms with van der Waals surface area (Å²) in [5, 5.41) is 13.6. The van der Waals surface area contributed by atoms with E-state index < -0.39 is 22.3 Å². The number of carbonyl (C=O) groups excluding carboxylic acids is 1. The monoisotopic (exact) mass is 562 g/mol. The first kappa shape index (κ1) is 26.8. The summed E-state index contributed by atoms with van der Waals surface area (Å²) in [4.78, 5) is 28.2. The SMILES string of the molecule is Cc1nc2n(c1C)CCO[C@@H]2c1cc(C(=O)c2cncnc2N[C@@H]2C[C@H](CNS(=O)(=O)O)[C@@H](O)C2)sc1C. The number of aromatic nitrogens is 4. The number of aliphatic hydroxyl groups excluding tert-OH is 1. The molecule has 4 heterocycles. The van der Waals surface area contributed by atoms with Crippen molar-refractivity contribution in [3.63, 3.8) is 0 Å². The summed E-state index contributed by atoms with van der Waals surface area (Å²) in [6.45, 7) is 7.19. The largest absolute Gasteiger partial charge is 0.393 e. The molecule has 1 fully saturated rings. The second-order valence-electron chi connectivity index (χ2n) is 9.74. The molecule has 0 unspecified atom stereocenters. The summed E-state index contributed by atoms with van der Waals surface area (Å²) in [5.41, 5.74) is 3.28. The smallest absolute Gasteiger partial charge is 0.333 e. The van der Waals surface area contributed by atoms with Crippen LogP contribution in [0.5, 0.6) is 0 Å². The molecule has 12 nitrogen and oxygen atoms in total. The van der Waals surface area contributed by atoms with Gasteiger partial charge in [0.1, 0.15) is 24.1 Å². The fourth-order valence-corrected chi connectivity index (χ4v) is 6.61. The molecule has 3 aromatic heterocycles. The second-order valence-corrected chi connectivity index (χ2v) is 12.2. The highest BCUT2D eigenvalue weighted by molar-refractivity contribution is 7.83. The van der Waals surface area contributed by atoms with Gasteiger partial charge in [-0.1, -0.05) is 0 Å². The van der Waals surface area contributed by atoms with Gasteiger partial charge in [-0.05, 0) is 39.7 Å². The number of ether oxygens (including phenoxy) is 1. The predicted molar refractivity (Wildman–Crippen MR) is 140 cm³/mol. The van der Waals surface area contributed by atoms with Gasteiger partial charge < -0.3 is 19.7 Å². The van der Waals surface area contributed by atoms with Crippen LogP contribution in [0.15, 0.2) is 18.6 Å². The van der Waals surface area contributed by atoms with Crippen LogP contribution in [0.3, 0.4) is 0 Å². The van der Waals surface area contributed by atoms with Crippen LogP contribution in [0.2, 0.25) is 0 Å². The summed E-state index contributed by atoms with van der Waals surface area (Å²) in [7, 11) is -4.35. The lowest BCUT2D eigenvalue weighted by Gasteiger charge is -2.25. The van der Waals surface area contributed by atoms with Gasteiger partial charge in [0, 0.05) is 47.4 Å². The molecule has 1 aliphatic heterocycles. The molecule has 0 radical (unpaired) electrons. The van der Waals surface area contributed by atoms with Crippen LogP contribution in [-0.4, -0.2) is 68.7 Å². The summed E-state index contributed by atoms with van der Waals surface area (Å²) in [6, 6.07) is 1.61. The van der Waals surface area contributed by atoms with E-state index in [1.165, 1.54) is 23.9 Å². The lowest BCUT2D eigenvalue weighted by Crippen LogP contribution is -2.32. The lowest BCUT2D eigenvalue weighted by molar-refractivity contribution is 0.0423. The number of aryl methyl sites for hydroxylation is 2. The Kier molecular flexibility index (Phi) is 7.37. The van der Waals surface area contributed by atoms with Crippen LogP contribution in [0.1, 0.15) is 61.8 Å². The van der Waals surface area contributed by atoms with Crippen molar-refractivity contribution in [3.05, 3.63) is 56.7 Å². The van der Waals surface area contributed by atoms with Crippen LogP contribution >= 0.6 is 11.3 Å². The van der Waals surface area contributed by atoms with Crippen LogP contribution in [0.4, 0.5) is 5.82 Å². The van der Waals surface area contributed by atoms with Gasteiger partial charge in [-0.15, -0.1) is 11.3 Å². The fourth-order valence-electron chi connectivity index (χ4n) is 5.19. The van der Waals surface area contributed by atoms with E-state index in [1.54, 1.807) is 0 Å². The molecule has 0 bridgehead atoms. The number of nitrogens with one attached hydrogen (secondary N) is 2. The van der Waals surface area contributed by atoms with Crippen LogP contribution in [0, 0.1) is 26.7 Å². The Bertz CT molecular complexity index is 1470. The van der Waals surface area contributed by atoms with Gasteiger partial charge in [0.25, 0.3) is 0 Å². The minimum absolute atomic E-state index is 0.0917. The molecule has 38 heavy (non-hydrogen) atoms. The summed E-state index contributed by atoms with van der Waals surface area (Å²) in [6.07, 6.45) is 2.43. The third-order valence-electron chi connectivity index (χ3n) is 7.27. The topological polar surface area (TPSA) is 169 Å². The Hall–Kier alpha value is -2.75. The molecule has 1 aliphatic carbocycles. The van der Waals surface area contributed by atoms with Crippen LogP contribution in [-0.2, 0) is 21.6 Å². The molecule has 0 amide bonds. The average molecular weight is 563 g/mol. The maximum atomic E-state index is 13.6. The van der Waals surface area contributed by atoms with Gasteiger partial charge >= 0.3 is 10.3 Å². The van der Waals surface area contributed by atoms with Crippen molar-refractivity contribution in [2.45, 2.75) is 58.4 Å². The Morgan fingerprint density at radius 3 is 2.84 bits per heavy atom. The molecule has 0 saturated heterocycles. The molecule has 5 rings (SSSR count). The molecule has 2 aliphatic rings. The lowest BCUT2D eigenvalue weighted by atomic mass is 10.1. The highest BCUT2D eigenvalue weighted by atomic mass is 32.2. The highest BCUT2D eigenvalue weighted by Gasteiger charge is 2.35. The normalized spacial score (nSPS) is 23.4. The Morgan fingerprint density at radius 1 is 1.29 bits per heavy atom. The number of nitrogens with zero attached hydrogens (tertiary/aromatic N) is 4. The summed E-state index contributed by atoms with van der Waals surface area (Å²) in [5.74, 6) is 0.554. The Balaban J connectivity index is 1.35. The summed E-state index contributed by atoms with van der Waals surface area (Å²) < 4.78 is 41.2. The first-order chi connectivity index (χ1) is 18.0. The highest BCUT2D eigenvalue weighted by Crippen LogP contribution is 2.37. The number of imidazole rings is 1. The van der Waals surface area contributed by atoms with Crippen molar-refractivity contribution >= 4 is 33.2 Å². The van der Waals surface area contributed by atoms with Gasteiger partial charge in [0.05, 0.1) is 28.8 Å². The van der Waals surface area contributed by atoms with E-state index in [1.807, 2.05) is 31.6 Å². The molecule has 0 spiro atoms. The number of rotatable bonds is 8. The van der Waals surface area contributed by atoms with E-state index in [-0.39, 0.29) is 24.5 Å². The third-order valence-corrected chi connectivity index (χ3v) is 8.86. The molecule has 14 heteroatoms. The minimum atomic E-state index is -4.35. The van der Waals surface area contributed by atoms with Crippen LogP contribution in [0.25, 0.3) is 0 Å². The van der Waals surface area contributed by atoms with Gasteiger partial charge in [0.2, 0.25) is 5.78 Å². The van der Waals surface area contributed by atoms with E-state index in [0.717, 1.165) is 34.2 Å². The van der Waals surface area contributed by atoms with E-state index in [9.17, 15) is 18.3 Å². The minimum Gasteiger partial charge on any atom is -0.393 e. The Morgan fingerprint density at radius 2 is 2.08 bits per heavy atom.